The highest BCUT2D eigenvalue weighted by Gasteiger charge is 2.28. The summed E-state index contributed by atoms with van der Waals surface area (Å²) in [4.78, 5) is 18.5. The van der Waals surface area contributed by atoms with Crippen molar-refractivity contribution in [1.29, 1.82) is 0 Å². The zero-order valence-corrected chi connectivity index (χ0v) is 16.6. The number of nitrogens with one attached hydrogen (secondary N) is 1. The number of ether oxygens (including phenoxy) is 2. The summed E-state index contributed by atoms with van der Waals surface area (Å²) in [5, 5.41) is 3.37. The Kier molecular flexibility index (Phi) is 7.55. The zero-order chi connectivity index (χ0) is 18.2. The van der Waals surface area contributed by atoms with Gasteiger partial charge in [0.15, 0.2) is 5.96 Å². The first kappa shape index (κ1) is 19.6. The van der Waals surface area contributed by atoms with Gasteiger partial charge >= 0.3 is 5.97 Å². The van der Waals surface area contributed by atoms with Crippen LogP contribution < -0.4 is 10.1 Å². The largest absolute Gasteiger partial charge is 0.496 e. The van der Waals surface area contributed by atoms with Crippen LogP contribution in [0.3, 0.4) is 0 Å². The van der Waals surface area contributed by atoms with Gasteiger partial charge in [0.05, 0.1) is 24.1 Å². The number of methoxy groups -OCH3 is 1. The minimum Gasteiger partial charge on any atom is -0.496 e. The van der Waals surface area contributed by atoms with Crippen LogP contribution in [0, 0.1) is 5.92 Å². The molecule has 0 bridgehead atoms. The maximum absolute atomic E-state index is 12.0. The highest BCUT2D eigenvalue weighted by molar-refractivity contribution is 9.10. The predicted octanol–water partition coefficient (Wildman–Crippen LogP) is 2.81. The van der Waals surface area contributed by atoms with Gasteiger partial charge in [0.25, 0.3) is 0 Å². The van der Waals surface area contributed by atoms with E-state index in [0.717, 1.165) is 41.1 Å². The molecule has 0 radical (unpaired) electrons. The van der Waals surface area contributed by atoms with E-state index in [9.17, 15) is 4.79 Å². The summed E-state index contributed by atoms with van der Waals surface area (Å²) in [6.45, 7) is 4.45. The van der Waals surface area contributed by atoms with Gasteiger partial charge in [-0.05, 0) is 53.4 Å². The minimum atomic E-state index is -0.110. The molecule has 0 saturated carbocycles. The Hall–Kier alpha value is -1.76. The Morgan fingerprint density at radius 2 is 2.28 bits per heavy atom. The van der Waals surface area contributed by atoms with Crippen LogP contribution in [-0.4, -0.2) is 50.7 Å². The second kappa shape index (κ2) is 9.65. The smallest absolute Gasteiger partial charge is 0.310 e. The van der Waals surface area contributed by atoms with E-state index >= 15 is 0 Å². The first-order valence-electron chi connectivity index (χ1n) is 8.53. The van der Waals surface area contributed by atoms with Crippen molar-refractivity contribution >= 4 is 27.9 Å². The van der Waals surface area contributed by atoms with Crippen molar-refractivity contribution in [2.45, 2.75) is 26.3 Å². The van der Waals surface area contributed by atoms with Gasteiger partial charge < -0.3 is 19.7 Å². The predicted molar refractivity (Wildman–Crippen MR) is 102 cm³/mol. The number of halogens is 1. The third-order valence-corrected chi connectivity index (χ3v) is 4.84. The summed E-state index contributed by atoms with van der Waals surface area (Å²) in [5.41, 5.74) is 1.12. The Morgan fingerprint density at radius 3 is 2.92 bits per heavy atom. The average molecular weight is 412 g/mol. The monoisotopic (exact) mass is 411 g/mol. The van der Waals surface area contributed by atoms with Crippen LogP contribution >= 0.6 is 15.9 Å². The number of aliphatic imine (C=N–C) groups is 1. The lowest BCUT2D eigenvalue weighted by Crippen LogP contribution is -2.48. The molecule has 1 N–H and O–H groups in total. The van der Waals surface area contributed by atoms with Gasteiger partial charge in [-0.25, -0.2) is 0 Å². The normalized spacial score (nSPS) is 18.0. The van der Waals surface area contributed by atoms with Crippen molar-refractivity contribution in [3.05, 3.63) is 28.2 Å². The van der Waals surface area contributed by atoms with E-state index in [-0.39, 0.29) is 11.9 Å². The molecule has 1 atom stereocenters. The van der Waals surface area contributed by atoms with Crippen LogP contribution in [0.1, 0.15) is 25.3 Å². The lowest BCUT2D eigenvalue weighted by Gasteiger charge is -2.34. The lowest BCUT2D eigenvalue weighted by atomic mass is 9.98. The van der Waals surface area contributed by atoms with Crippen LogP contribution in [0.4, 0.5) is 0 Å². The number of carbonyl (C=O) groups excluding carboxylic acids is 1. The van der Waals surface area contributed by atoms with Crippen LogP contribution in [0.15, 0.2) is 27.7 Å². The topological polar surface area (TPSA) is 63.2 Å². The Labute approximate surface area is 157 Å². The van der Waals surface area contributed by atoms with Gasteiger partial charge in [-0.2, -0.15) is 0 Å². The number of benzene rings is 1. The van der Waals surface area contributed by atoms with Crippen molar-refractivity contribution in [3.8, 4) is 5.75 Å². The molecule has 138 valence electrons. The molecule has 1 fully saturated rings. The van der Waals surface area contributed by atoms with Gasteiger partial charge in [-0.3, -0.25) is 9.79 Å². The van der Waals surface area contributed by atoms with Gasteiger partial charge in [-0.15, -0.1) is 0 Å². The van der Waals surface area contributed by atoms with Crippen LogP contribution in [0.25, 0.3) is 0 Å². The number of piperidine rings is 1. The van der Waals surface area contributed by atoms with Gasteiger partial charge in [-0.1, -0.05) is 6.07 Å². The molecule has 6 nitrogen and oxygen atoms in total. The molecule has 25 heavy (non-hydrogen) atoms. The number of carbonyl (C=O) groups is 1. The number of nitrogens with zero attached hydrogens (tertiary/aromatic N) is 2. The fourth-order valence-electron chi connectivity index (χ4n) is 2.96. The minimum absolute atomic E-state index is 0.0811. The maximum Gasteiger partial charge on any atom is 0.310 e. The van der Waals surface area contributed by atoms with Crippen molar-refractivity contribution in [2.75, 3.05) is 33.9 Å². The number of esters is 1. The Balaban J connectivity index is 1.95. The fraction of sp³-hybridized carbons (Fsp3) is 0.556. The standard InChI is InChI=1S/C18H26BrN3O3/c1-4-25-17(23)14-6-5-9-22(12-14)18(20-2)21-11-13-7-8-16(24-3)15(19)10-13/h7-8,10,14H,4-6,9,11-12H2,1-3H3,(H,20,21). The van der Waals surface area contributed by atoms with Gasteiger partial charge in [0.2, 0.25) is 0 Å². The Morgan fingerprint density at radius 1 is 1.48 bits per heavy atom. The number of guanidine groups is 1. The molecule has 1 heterocycles. The van der Waals surface area contributed by atoms with E-state index in [1.807, 2.05) is 25.1 Å². The number of hydrogen-bond acceptors (Lipinski definition) is 4. The van der Waals surface area contributed by atoms with Crippen molar-refractivity contribution in [2.24, 2.45) is 10.9 Å². The molecule has 0 spiro atoms. The molecule has 1 unspecified atom stereocenters. The summed E-state index contributed by atoms with van der Waals surface area (Å²) in [6, 6.07) is 5.97. The average Bonchev–Trinajstić information content (AvgIpc) is 2.63. The summed E-state index contributed by atoms with van der Waals surface area (Å²) in [7, 11) is 3.41. The first-order chi connectivity index (χ1) is 12.1. The molecule has 1 aromatic carbocycles. The quantitative estimate of drug-likeness (QED) is 0.458. The van der Waals surface area contributed by atoms with Crippen LogP contribution in [0.2, 0.25) is 0 Å². The number of likely N-dealkylation sites (tertiary alicyclic amines) is 1. The van der Waals surface area contributed by atoms with Gasteiger partial charge in [0.1, 0.15) is 5.75 Å². The summed E-state index contributed by atoms with van der Waals surface area (Å²) < 4.78 is 11.3. The molecule has 1 aliphatic heterocycles. The molecular weight excluding hydrogens is 386 g/mol. The SMILES string of the molecule is CCOC(=O)C1CCCN(C(=NC)NCc2ccc(OC)c(Br)c2)C1. The Bertz CT molecular complexity index is 622. The maximum atomic E-state index is 12.0. The van der Waals surface area contributed by atoms with E-state index in [4.69, 9.17) is 9.47 Å². The second-order valence-electron chi connectivity index (χ2n) is 5.91. The fourth-order valence-corrected chi connectivity index (χ4v) is 3.54. The van der Waals surface area contributed by atoms with E-state index in [1.54, 1.807) is 14.2 Å². The molecule has 0 amide bonds. The number of hydrogen-bond donors (Lipinski definition) is 1. The van der Waals surface area contributed by atoms with Crippen molar-refractivity contribution in [1.82, 2.24) is 10.2 Å². The van der Waals surface area contributed by atoms with E-state index in [2.05, 4.69) is 31.1 Å². The van der Waals surface area contributed by atoms with Crippen LogP contribution in [-0.2, 0) is 16.1 Å². The lowest BCUT2D eigenvalue weighted by molar-refractivity contribution is -0.149. The third-order valence-electron chi connectivity index (χ3n) is 4.22. The van der Waals surface area contributed by atoms with Crippen molar-refractivity contribution in [3.63, 3.8) is 0 Å². The van der Waals surface area contributed by atoms with Crippen molar-refractivity contribution < 1.29 is 14.3 Å². The third kappa shape index (κ3) is 5.36. The molecule has 1 saturated heterocycles. The van der Waals surface area contributed by atoms with E-state index in [0.29, 0.717) is 19.7 Å². The molecule has 1 aromatic rings. The number of rotatable bonds is 5. The van der Waals surface area contributed by atoms with Gasteiger partial charge in [0, 0.05) is 26.7 Å². The molecule has 1 aliphatic rings. The highest BCUT2D eigenvalue weighted by atomic mass is 79.9. The zero-order valence-electron chi connectivity index (χ0n) is 15.0. The summed E-state index contributed by atoms with van der Waals surface area (Å²) in [6.07, 6.45) is 1.83. The molecular formula is C18H26BrN3O3. The summed E-state index contributed by atoms with van der Waals surface area (Å²) >= 11 is 3.50. The second-order valence-corrected chi connectivity index (χ2v) is 6.76. The first-order valence-corrected chi connectivity index (χ1v) is 9.33. The summed E-state index contributed by atoms with van der Waals surface area (Å²) in [5.74, 6) is 1.42. The van der Waals surface area contributed by atoms with E-state index < -0.39 is 0 Å². The van der Waals surface area contributed by atoms with Crippen LogP contribution in [0.5, 0.6) is 5.75 Å². The highest BCUT2D eigenvalue weighted by Crippen LogP contribution is 2.25. The molecule has 0 aliphatic carbocycles. The molecule has 0 aromatic heterocycles. The molecule has 2 rings (SSSR count). The molecule has 7 heteroatoms. The van der Waals surface area contributed by atoms with E-state index in [1.165, 1.54) is 0 Å².